The van der Waals surface area contributed by atoms with Crippen LogP contribution in [0.25, 0.3) is 11.0 Å². The second-order valence-electron chi connectivity index (χ2n) is 9.53. The maximum Gasteiger partial charge on any atom is 0.258 e. The van der Waals surface area contributed by atoms with E-state index in [1.54, 1.807) is 42.3 Å². The van der Waals surface area contributed by atoms with Gasteiger partial charge in [0.05, 0.1) is 11.0 Å². The van der Waals surface area contributed by atoms with E-state index >= 15 is 0 Å². The highest BCUT2D eigenvalue weighted by molar-refractivity contribution is 6.07. The Balaban J connectivity index is 1.44. The van der Waals surface area contributed by atoms with Gasteiger partial charge >= 0.3 is 0 Å². The molecule has 0 radical (unpaired) electrons. The van der Waals surface area contributed by atoms with Gasteiger partial charge in [0, 0.05) is 55.5 Å². The number of benzene rings is 3. The van der Waals surface area contributed by atoms with E-state index in [0.29, 0.717) is 66.1 Å². The second-order valence-corrected chi connectivity index (χ2v) is 9.53. The van der Waals surface area contributed by atoms with Crippen LogP contribution in [0.3, 0.4) is 0 Å². The lowest BCUT2D eigenvalue weighted by Gasteiger charge is -2.18. The molecule has 9 nitrogen and oxygen atoms in total. The van der Waals surface area contributed by atoms with Gasteiger partial charge in [-0.2, -0.15) is 0 Å². The summed E-state index contributed by atoms with van der Waals surface area (Å²) in [6, 6.07) is 21.0. The zero-order valence-electron chi connectivity index (χ0n) is 21.7. The molecule has 198 valence electrons. The Kier molecular flexibility index (Phi) is 7.49. The number of imidazole rings is 1. The van der Waals surface area contributed by atoms with Gasteiger partial charge in [0.2, 0.25) is 11.9 Å². The fraction of sp³-hybridized carbons (Fsp3) is 0.233. The quantitative estimate of drug-likeness (QED) is 0.328. The van der Waals surface area contributed by atoms with Gasteiger partial charge in [-0.05, 0) is 55.3 Å². The van der Waals surface area contributed by atoms with Crippen molar-refractivity contribution in [2.75, 3.05) is 30.4 Å². The smallest absolute Gasteiger partial charge is 0.258 e. The van der Waals surface area contributed by atoms with E-state index in [9.17, 15) is 19.2 Å². The summed E-state index contributed by atoms with van der Waals surface area (Å²) in [6.45, 7) is 1.92. The molecule has 1 fully saturated rings. The average Bonchev–Trinajstić information content (AvgIpc) is 3.54. The van der Waals surface area contributed by atoms with E-state index in [4.69, 9.17) is 4.98 Å². The molecule has 0 saturated carbocycles. The van der Waals surface area contributed by atoms with Crippen LogP contribution in [-0.4, -0.2) is 58.6 Å². The van der Waals surface area contributed by atoms with E-state index in [1.807, 2.05) is 45.9 Å². The average molecular weight is 524 g/mol. The third-order valence-corrected chi connectivity index (χ3v) is 6.94. The highest BCUT2D eigenvalue weighted by Gasteiger charge is 2.21. The third-order valence-electron chi connectivity index (χ3n) is 6.94. The number of fused-ring (bicyclic) bond motifs is 1. The first-order chi connectivity index (χ1) is 18.9. The number of carbonyl (C=O) groups is 4. The Hall–Kier alpha value is -4.79. The summed E-state index contributed by atoms with van der Waals surface area (Å²) in [7, 11) is 1.71. The maximum absolute atomic E-state index is 13.1. The van der Waals surface area contributed by atoms with Gasteiger partial charge in [0.15, 0.2) is 0 Å². The standard InChI is InChI=1S/C30H29N5O4/c1-33(29(39)22-9-3-2-4-10-22)24-13-14-26-25(19-24)31-30(32-28(38)23-11-5-8-21(18-23)20-36)35(26)17-7-16-34-15-6-12-27(34)37/h2-5,8-11,13-14,18-20H,6-7,12,15-17H2,1H3,(H,31,32,38). The fourth-order valence-corrected chi connectivity index (χ4v) is 4.83. The van der Waals surface area contributed by atoms with E-state index in [0.717, 1.165) is 18.5 Å². The molecule has 1 aliphatic rings. The Morgan fingerprint density at radius 3 is 2.54 bits per heavy atom. The van der Waals surface area contributed by atoms with Crippen molar-refractivity contribution in [3.8, 4) is 0 Å². The number of nitrogens with one attached hydrogen (secondary N) is 1. The first kappa shape index (κ1) is 25.8. The lowest BCUT2D eigenvalue weighted by molar-refractivity contribution is -0.127. The minimum absolute atomic E-state index is 0.145. The van der Waals surface area contributed by atoms with Gasteiger partial charge < -0.3 is 14.4 Å². The summed E-state index contributed by atoms with van der Waals surface area (Å²) in [5.41, 5.74) is 3.41. The summed E-state index contributed by atoms with van der Waals surface area (Å²) >= 11 is 0. The van der Waals surface area contributed by atoms with Crippen LogP contribution in [0, 0.1) is 0 Å². The highest BCUT2D eigenvalue weighted by Crippen LogP contribution is 2.27. The zero-order chi connectivity index (χ0) is 27.4. The number of likely N-dealkylation sites (tertiary alicyclic amines) is 1. The van der Waals surface area contributed by atoms with Crippen LogP contribution in [0.15, 0.2) is 72.8 Å². The molecule has 4 aromatic rings. The molecular weight excluding hydrogens is 494 g/mol. The molecule has 39 heavy (non-hydrogen) atoms. The molecule has 0 spiro atoms. The van der Waals surface area contributed by atoms with E-state index in [-0.39, 0.29) is 17.7 Å². The summed E-state index contributed by atoms with van der Waals surface area (Å²) in [4.78, 5) is 57.4. The van der Waals surface area contributed by atoms with Crippen LogP contribution in [0.4, 0.5) is 11.6 Å². The summed E-state index contributed by atoms with van der Waals surface area (Å²) in [5.74, 6) is -0.00639. The number of anilines is 2. The fourth-order valence-electron chi connectivity index (χ4n) is 4.83. The number of aryl methyl sites for hydroxylation is 1. The number of rotatable bonds is 9. The van der Waals surface area contributed by atoms with Crippen molar-refractivity contribution in [2.45, 2.75) is 25.8 Å². The van der Waals surface area contributed by atoms with Crippen LogP contribution in [0.2, 0.25) is 0 Å². The molecule has 1 aromatic heterocycles. The van der Waals surface area contributed by atoms with Crippen molar-refractivity contribution in [2.24, 2.45) is 0 Å². The lowest BCUT2D eigenvalue weighted by Crippen LogP contribution is -2.26. The minimum Gasteiger partial charge on any atom is -0.343 e. The normalized spacial score (nSPS) is 13.1. The van der Waals surface area contributed by atoms with Gasteiger partial charge in [0.25, 0.3) is 11.8 Å². The van der Waals surface area contributed by atoms with Crippen LogP contribution < -0.4 is 10.2 Å². The molecule has 0 bridgehead atoms. The summed E-state index contributed by atoms with van der Waals surface area (Å²) in [6.07, 6.45) is 2.86. The Morgan fingerprint density at radius 2 is 1.79 bits per heavy atom. The van der Waals surface area contributed by atoms with Crippen molar-refractivity contribution in [1.29, 1.82) is 0 Å². The molecule has 1 aliphatic heterocycles. The molecule has 9 heteroatoms. The molecule has 0 aliphatic carbocycles. The Morgan fingerprint density at radius 1 is 1.00 bits per heavy atom. The first-order valence-electron chi connectivity index (χ1n) is 12.9. The molecule has 2 heterocycles. The van der Waals surface area contributed by atoms with Crippen molar-refractivity contribution in [3.05, 3.63) is 89.5 Å². The molecule has 1 saturated heterocycles. The molecule has 5 rings (SSSR count). The molecule has 3 aromatic carbocycles. The number of hydrogen-bond donors (Lipinski definition) is 1. The highest BCUT2D eigenvalue weighted by atomic mass is 16.2. The van der Waals surface area contributed by atoms with Gasteiger partial charge in [-0.15, -0.1) is 0 Å². The van der Waals surface area contributed by atoms with Gasteiger partial charge in [-0.1, -0.05) is 30.3 Å². The van der Waals surface area contributed by atoms with Crippen LogP contribution in [0.5, 0.6) is 0 Å². The first-order valence-corrected chi connectivity index (χ1v) is 12.9. The molecule has 1 N–H and O–H groups in total. The number of aromatic nitrogens is 2. The monoisotopic (exact) mass is 523 g/mol. The number of hydrogen-bond acceptors (Lipinski definition) is 5. The van der Waals surface area contributed by atoms with Crippen LogP contribution >= 0.6 is 0 Å². The molecule has 0 atom stereocenters. The number of carbonyl (C=O) groups excluding carboxylic acids is 4. The van der Waals surface area contributed by atoms with E-state index < -0.39 is 0 Å². The maximum atomic E-state index is 13.1. The second kappa shape index (κ2) is 11.3. The summed E-state index contributed by atoms with van der Waals surface area (Å²) < 4.78 is 1.92. The van der Waals surface area contributed by atoms with E-state index in [2.05, 4.69) is 5.32 Å². The van der Waals surface area contributed by atoms with Crippen molar-refractivity contribution in [3.63, 3.8) is 0 Å². The van der Waals surface area contributed by atoms with Crippen molar-refractivity contribution in [1.82, 2.24) is 14.5 Å². The molecular formula is C30H29N5O4. The predicted molar refractivity (Wildman–Crippen MR) is 149 cm³/mol. The Labute approximate surface area is 226 Å². The van der Waals surface area contributed by atoms with Gasteiger partial charge in [-0.3, -0.25) is 24.5 Å². The van der Waals surface area contributed by atoms with Crippen molar-refractivity contribution < 1.29 is 19.2 Å². The molecule has 3 amide bonds. The van der Waals surface area contributed by atoms with Crippen molar-refractivity contribution >= 4 is 46.7 Å². The number of amides is 3. The third kappa shape index (κ3) is 5.57. The topological polar surface area (TPSA) is 105 Å². The SMILES string of the molecule is CN(C(=O)c1ccccc1)c1ccc2c(c1)nc(NC(=O)c1cccc(C=O)c1)n2CCCN1CCCC1=O. The van der Waals surface area contributed by atoms with E-state index in [1.165, 1.54) is 6.07 Å². The summed E-state index contributed by atoms with van der Waals surface area (Å²) in [5, 5.41) is 2.89. The van der Waals surface area contributed by atoms with Crippen LogP contribution in [0.1, 0.15) is 50.3 Å². The number of nitrogens with zero attached hydrogens (tertiary/aromatic N) is 4. The largest absolute Gasteiger partial charge is 0.343 e. The predicted octanol–water partition coefficient (Wildman–Crippen LogP) is 4.39. The van der Waals surface area contributed by atoms with Gasteiger partial charge in [0.1, 0.15) is 6.29 Å². The van der Waals surface area contributed by atoms with Crippen LogP contribution in [-0.2, 0) is 11.3 Å². The van der Waals surface area contributed by atoms with Gasteiger partial charge in [-0.25, -0.2) is 4.98 Å². The lowest BCUT2D eigenvalue weighted by atomic mass is 10.1. The zero-order valence-corrected chi connectivity index (χ0v) is 21.7. The Bertz CT molecular complexity index is 1550. The number of aldehydes is 1. The molecule has 0 unspecified atom stereocenters. The minimum atomic E-state index is -0.387.